The molecule has 1 unspecified atom stereocenters. The largest absolute Gasteiger partial charge is 0.396 e. The highest BCUT2D eigenvalue weighted by Crippen LogP contribution is 2.39. The minimum Gasteiger partial charge on any atom is -0.396 e. The Labute approximate surface area is 112 Å². The lowest BCUT2D eigenvalue weighted by molar-refractivity contribution is -0.384. The second kappa shape index (κ2) is 5.10. The van der Waals surface area contributed by atoms with Gasteiger partial charge in [0, 0.05) is 25.5 Å². The van der Waals surface area contributed by atoms with E-state index in [1.165, 1.54) is 0 Å². The maximum atomic E-state index is 13.2. The number of aliphatic hydroxyl groups excluding tert-OH is 1. The summed E-state index contributed by atoms with van der Waals surface area (Å²) in [6.07, 6.45) is 0.0847. The normalized spacial score (nSPS) is 19.0. The number of aliphatic hydroxyl groups is 1. The van der Waals surface area contributed by atoms with Gasteiger partial charge in [-0.3, -0.25) is 14.9 Å². The molecular formula is C11H10ClFN2O4. The van der Waals surface area contributed by atoms with Gasteiger partial charge in [0.2, 0.25) is 5.91 Å². The number of carbonyl (C=O) groups excluding carboxylic acids is 1. The first-order valence-electron chi connectivity index (χ1n) is 5.48. The molecule has 1 atom stereocenters. The molecule has 0 saturated carbocycles. The number of benzene rings is 1. The lowest BCUT2D eigenvalue weighted by Gasteiger charge is -2.17. The first kappa shape index (κ1) is 13.7. The van der Waals surface area contributed by atoms with Crippen molar-refractivity contribution in [3.63, 3.8) is 0 Å². The fraction of sp³-hybridized carbons (Fsp3) is 0.364. The molecule has 1 amide bonds. The van der Waals surface area contributed by atoms with Crippen molar-refractivity contribution in [1.82, 2.24) is 0 Å². The number of hydrogen-bond donors (Lipinski definition) is 1. The maximum Gasteiger partial charge on any atom is 0.297 e. The molecule has 8 heteroatoms. The third kappa shape index (κ3) is 2.52. The zero-order valence-electron chi connectivity index (χ0n) is 9.68. The summed E-state index contributed by atoms with van der Waals surface area (Å²) in [5, 5.41) is 19.8. The molecule has 0 aromatic heterocycles. The standard InChI is InChI=1S/C11H10ClFN2O4/c12-8-2-7(13)3-9(15(18)19)11(8)14-4-6(5-16)1-10(14)17/h2-3,6,16H,1,4-5H2. The summed E-state index contributed by atoms with van der Waals surface area (Å²) in [4.78, 5) is 23.1. The minimum atomic E-state index is -0.842. The van der Waals surface area contributed by atoms with Gasteiger partial charge in [-0.25, -0.2) is 4.39 Å². The number of hydrogen-bond acceptors (Lipinski definition) is 4. The number of nitro groups is 1. The van der Waals surface area contributed by atoms with Crippen molar-refractivity contribution in [1.29, 1.82) is 0 Å². The van der Waals surface area contributed by atoms with Gasteiger partial charge in [-0.05, 0) is 6.07 Å². The van der Waals surface area contributed by atoms with Gasteiger partial charge in [0.15, 0.2) is 0 Å². The molecule has 0 spiro atoms. The number of anilines is 1. The minimum absolute atomic E-state index is 0.0847. The Morgan fingerprint density at radius 3 is 2.79 bits per heavy atom. The van der Waals surface area contributed by atoms with Crippen LogP contribution in [0.15, 0.2) is 12.1 Å². The van der Waals surface area contributed by atoms with Crippen LogP contribution in [0.3, 0.4) is 0 Å². The molecule has 1 heterocycles. The predicted octanol–water partition coefficient (Wildman–Crippen LogP) is 1.73. The number of nitro benzene ring substituents is 1. The Balaban J connectivity index is 2.50. The van der Waals surface area contributed by atoms with Crippen molar-refractivity contribution in [2.75, 3.05) is 18.1 Å². The molecule has 1 fully saturated rings. The van der Waals surface area contributed by atoms with E-state index < -0.39 is 16.4 Å². The molecule has 1 aromatic rings. The Kier molecular flexibility index (Phi) is 3.68. The van der Waals surface area contributed by atoms with Crippen LogP contribution in [0.4, 0.5) is 15.8 Å². The first-order chi connectivity index (χ1) is 8.93. The van der Waals surface area contributed by atoms with E-state index in [1.54, 1.807) is 0 Å². The lowest BCUT2D eigenvalue weighted by Crippen LogP contribution is -2.26. The van der Waals surface area contributed by atoms with E-state index in [0.29, 0.717) is 0 Å². The van der Waals surface area contributed by atoms with E-state index in [2.05, 4.69) is 0 Å². The first-order valence-corrected chi connectivity index (χ1v) is 5.86. The van der Waals surface area contributed by atoms with Crippen LogP contribution in [0.1, 0.15) is 6.42 Å². The molecule has 1 N–H and O–H groups in total. The molecule has 2 rings (SSSR count). The van der Waals surface area contributed by atoms with Gasteiger partial charge in [-0.2, -0.15) is 0 Å². The lowest BCUT2D eigenvalue weighted by atomic mass is 10.1. The molecule has 19 heavy (non-hydrogen) atoms. The van der Waals surface area contributed by atoms with Crippen LogP contribution in [0, 0.1) is 21.8 Å². The maximum absolute atomic E-state index is 13.2. The van der Waals surface area contributed by atoms with Crippen molar-refractivity contribution in [2.24, 2.45) is 5.92 Å². The third-order valence-electron chi connectivity index (χ3n) is 2.94. The predicted molar refractivity (Wildman–Crippen MR) is 65.6 cm³/mol. The van der Waals surface area contributed by atoms with Crippen molar-refractivity contribution in [2.45, 2.75) is 6.42 Å². The van der Waals surface area contributed by atoms with Crippen molar-refractivity contribution in [3.8, 4) is 0 Å². The topological polar surface area (TPSA) is 83.7 Å². The van der Waals surface area contributed by atoms with E-state index in [4.69, 9.17) is 16.7 Å². The average molecular weight is 289 g/mol. The SMILES string of the molecule is O=C1CC(CO)CN1c1c(Cl)cc(F)cc1[N+](=O)[O-]. The summed E-state index contributed by atoms with van der Waals surface area (Å²) in [7, 11) is 0. The van der Waals surface area contributed by atoms with Gasteiger partial charge in [-0.1, -0.05) is 11.6 Å². The van der Waals surface area contributed by atoms with Gasteiger partial charge in [0.25, 0.3) is 5.69 Å². The Morgan fingerprint density at radius 1 is 1.58 bits per heavy atom. The highest BCUT2D eigenvalue weighted by molar-refractivity contribution is 6.34. The van der Waals surface area contributed by atoms with E-state index >= 15 is 0 Å². The molecule has 1 aromatic carbocycles. The Hall–Kier alpha value is -1.73. The molecule has 0 bridgehead atoms. The van der Waals surface area contributed by atoms with Crippen molar-refractivity contribution >= 4 is 28.9 Å². The van der Waals surface area contributed by atoms with Crippen LogP contribution in [0.5, 0.6) is 0 Å². The van der Waals surface area contributed by atoms with Crippen LogP contribution in [0.2, 0.25) is 5.02 Å². The second-order valence-corrected chi connectivity index (χ2v) is 4.68. The number of carbonyl (C=O) groups is 1. The second-order valence-electron chi connectivity index (χ2n) is 4.27. The Morgan fingerprint density at radius 2 is 2.26 bits per heavy atom. The van der Waals surface area contributed by atoms with Gasteiger partial charge in [-0.15, -0.1) is 0 Å². The summed E-state index contributed by atoms with van der Waals surface area (Å²) in [6.45, 7) is -0.0730. The molecule has 6 nitrogen and oxygen atoms in total. The van der Waals surface area contributed by atoms with Crippen LogP contribution in [0.25, 0.3) is 0 Å². The Bertz CT molecular complexity index is 552. The number of rotatable bonds is 3. The van der Waals surface area contributed by atoms with Gasteiger partial charge in [0.05, 0.1) is 16.0 Å². The molecular weight excluding hydrogens is 279 g/mol. The van der Waals surface area contributed by atoms with E-state index in [1.807, 2.05) is 0 Å². The summed E-state index contributed by atoms with van der Waals surface area (Å²) in [6, 6.07) is 1.64. The fourth-order valence-electron chi connectivity index (χ4n) is 2.08. The highest BCUT2D eigenvalue weighted by Gasteiger charge is 2.35. The molecule has 1 aliphatic heterocycles. The van der Waals surface area contributed by atoms with Gasteiger partial charge in [0.1, 0.15) is 11.5 Å². The molecule has 1 saturated heterocycles. The number of nitrogens with zero attached hydrogens (tertiary/aromatic N) is 2. The van der Waals surface area contributed by atoms with Crippen molar-refractivity contribution in [3.05, 3.63) is 33.1 Å². The van der Waals surface area contributed by atoms with E-state index in [-0.39, 0.29) is 42.1 Å². The summed E-state index contributed by atoms with van der Waals surface area (Å²) >= 11 is 5.81. The summed E-state index contributed by atoms with van der Waals surface area (Å²) < 4.78 is 13.2. The number of halogens is 2. The fourth-order valence-corrected chi connectivity index (χ4v) is 2.38. The zero-order chi connectivity index (χ0) is 14.2. The summed E-state index contributed by atoms with van der Waals surface area (Å²) in [5.74, 6) is -1.52. The smallest absolute Gasteiger partial charge is 0.297 e. The summed E-state index contributed by atoms with van der Waals surface area (Å²) in [5.41, 5.74) is -0.675. The molecule has 1 aliphatic rings. The molecule has 0 aliphatic carbocycles. The van der Waals surface area contributed by atoms with Gasteiger partial charge >= 0.3 is 0 Å². The monoisotopic (exact) mass is 288 g/mol. The third-order valence-corrected chi connectivity index (χ3v) is 3.23. The van der Waals surface area contributed by atoms with E-state index in [0.717, 1.165) is 17.0 Å². The van der Waals surface area contributed by atoms with Crippen LogP contribution in [-0.4, -0.2) is 29.1 Å². The zero-order valence-corrected chi connectivity index (χ0v) is 10.4. The van der Waals surface area contributed by atoms with Gasteiger partial charge < -0.3 is 10.0 Å². The number of amides is 1. The van der Waals surface area contributed by atoms with Crippen LogP contribution in [-0.2, 0) is 4.79 Å². The van der Waals surface area contributed by atoms with Crippen LogP contribution >= 0.6 is 11.6 Å². The molecule has 102 valence electrons. The quantitative estimate of drug-likeness (QED) is 0.678. The molecule has 0 radical (unpaired) electrons. The highest BCUT2D eigenvalue weighted by atomic mass is 35.5. The van der Waals surface area contributed by atoms with E-state index in [9.17, 15) is 19.3 Å². The average Bonchev–Trinajstić information content (AvgIpc) is 2.69. The van der Waals surface area contributed by atoms with Crippen LogP contribution < -0.4 is 4.90 Å². The van der Waals surface area contributed by atoms with Crippen molar-refractivity contribution < 1.29 is 19.2 Å².